The number of hydrogen-bond donors (Lipinski definition) is 2. The minimum atomic E-state index is -1.23. The zero-order chi connectivity index (χ0) is 14.5. The van der Waals surface area contributed by atoms with Crippen molar-refractivity contribution in [3.63, 3.8) is 0 Å². The summed E-state index contributed by atoms with van der Waals surface area (Å²) in [5.74, 6) is -1.03. The van der Waals surface area contributed by atoms with E-state index in [2.05, 4.69) is 10.6 Å². The van der Waals surface area contributed by atoms with Gasteiger partial charge in [-0.2, -0.15) is 0 Å². The number of benzene rings is 1. The average Bonchev–Trinajstić information content (AvgIpc) is 2.42. The highest BCUT2D eigenvalue weighted by Gasteiger charge is 2.30. The van der Waals surface area contributed by atoms with Crippen LogP contribution in [-0.4, -0.2) is 23.8 Å². The quantitative estimate of drug-likeness (QED) is 0.801. The largest absolute Gasteiger partial charge is 0.445 e. The van der Waals surface area contributed by atoms with Gasteiger partial charge >= 0.3 is 6.09 Å². The first-order chi connectivity index (χ1) is 9.56. The lowest BCUT2D eigenvalue weighted by Crippen LogP contribution is -2.53. The van der Waals surface area contributed by atoms with Crippen LogP contribution in [0.15, 0.2) is 42.1 Å². The van der Waals surface area contributed by atoms with Crippen LogP contribution in [0.5, 0.6) is 0 Å². The molecule has 0 aliphatic carbocycles. The lowest BCUT2D eigenvalue weighted by Gasteiger charge is -2.20. The van der Waals surface area contributed by atoms with Crippen molar-refractivity contribution in [3.05, 3.63) is 47.7 Å². The van der Waals surface area contributed by atoms with Crippen molar-refractivity contribution in [3.8, 4) is 0 Å². The van der Waals surface area contributed by atoms with Crippen LogP contribution in [0.3, 0.4) is 0 Å². The molecule has 104 valence electrons. The summed E-state index contributed by atoms with van der Waals surface area (Å²) in [6.07, 6.45) is 0.458. The molecule has 0 radical (unpaired) electrons. The third-order valence-electron chi connectivity index (χ3n) is 2.70. The van der Waals surface area contributed by atoms with Gasteiger partial charge in [-0.15, -0.1) is 0 Å². The lowest BCUT2D eigenvalue weighted by atomic mass is 10.1. The van der Waals surface area contributed by atoms with Crippen LogP contribution in [0.25, 0.3) is 0 Å². The van der Waals surface area contributed by atoms with Crippen molar-refractivity contribution in [2.75, 3.05) is 0 Å². The third kappa shape index (κ3) is 3.44. The summed E-state index contributed by atoms with van der Waals surface area (Å²) in [6.45, 7) is 1.67. The summed E-state index contributed by atoms with van der Waals surface area (Å²) < 4.78 is 4.95. The summed E-state index contributed by atoms with van der Waals surface area (Å²) >= 11 is 0. The van der Waals surface area contributed by atoms with Gasteiger partial charge in [0, 0.05) is 11.8 Å². The number of nitrogens with one attached hydrogen (secondary N) is 2. The minimum Gasteiger partial charge on any atom is -0.445 e. The van der Waals surface area contributed by atoms with Crippen LogP contribution in [0.2, 0.25) is 0 Å². The Bertz CT molecular complexity index is 566. The molecule has 0 aromatic heterocycles. The van der Waals surface area contributed by atoms with E-state index in [0.29, 0.717) is 5.70 Å². The van der Waals surface area contributed by atoms with E-state index in [1.54, 1.807) is 19.1 Å². The molecule has 0 saturated heterocycles. The van der Waals surface area contributed by atoms with Crippen molar-refractivity contribution in [1.82, 2.24) is 10.6 Å². The van der Waals surface area contributed by atoms with Gasteiger partial charge in [-0.3, -0.25) is 9.59 Å². The van der Waals surface area contributed by atoms with Crippen LogP contribution < -0.4 is 10.6 Å². The smallest absolute Gasteiger partial charge is 0.408 e. The van der Waals surface area contributed by atoms with Gasteiger partial charge in [0.2, 0.25) is 0 Å². The molecule has 0 bridgehead atoms. The summed E-state index contributed by atoms with van der Waals surface area (Å²) in [6, 6.07) is 7.87. The third-order valence-corrected chi connectivity index (χ3v) is 2.70. The Morgan fingerprint density at radius 2 is 2.00 bits per heavy atom. The Hall–Kier alpha value is -2.63. The summed E-state index contributed by atoms with van der Waals surface area (Å²) in [5, 5.41) is 4.71. The Kier molecular flexibility index (Phi) is 4.14. The summed E-state index contributed by atoms with van der Waals surface area (Å²) in [5.41, 5.74) is 1.27. The number of ether oxygens (including phenoxy) is 1. The first-order valence-electron chi connectivity index (χ1n) is 6.06. The van der Waals surface area contributed by atoms with Crippen LogP contribution in [0.1, 0.15) is 12.5 Å². The second-order valence-electron chi connectivity index (χ2n) is 4.36. The molecule has 1 atom stereocenters. The number of alkyl carbamates (subject to hydrolysis) is 1. The maximum Gasteiger partial charge on any atom is 0.408 e. The topological polar surface area (TPSA) is 84.5 Å². The minimum absolute atomic E-state index is 0.0735. The van der Waals surface area contributed by atoms with Crippen molar-refractivity contribution in [2.24, 2.45) is 0 Å². The monoisotopic (exact) mass is 274 g/mol. The van der Waals surface area contributed by atoms with Gasteiger partial charge in [-0.25, -0.2) is 4.79 Å². The molecule has 1 unspecified atom stereocenters. The molecule has 6 heteroatoms. The molecular weight excluding hydrogens is 260 g/mol. The SMILES string of the molecule is CC1=CC(=O)C(NC(=O)OCc2ccccc2)C(=O)N1. The molecule has 2 N–H and O–H groups in total. The van der Waals surface area contributed by atoms with E-state index in [1.165, 1.54) is 6.08 Å². The van der Waals surface area contributed by atoms with Gasteiger partial charge in [0.1, 0.15) is 6.61 Å². The van der Waals surface area contributed by atoms with Crippen molar-refractivity contribution in [1.29, 1.82) is 0 Å². The van der Waals surface area contributed by atoms with E-state index >= 15 is 0 Å². The number of allylic oxidation sites excluding steroid dienone is 1. The highest BCUT2D eigenvalue weighted by atomic mass is 16.5. The molecule has 1 aromatic carbocycles. The molecule has 20 heavy (non-hydrogen) atoms. The Morgan fingerprint density at radius 3 is 2.65 bits per heavy atom. The molecule has 1 aromatic rings. The second-order valence-corrected chi connectivity index (χ2v) is 4.36. The fourth-order valence-corrected chi connectivity index (χ4v) is 1.75. The number of amides is 2. The summed E-state index contributed by atoms with van der Waals surface area (Å²) in [7, 11) is 0. The molecular formula is C14H14N2O4. The van der Waals surface area contributed by atoms with E-state index in [4.69, 9.17) is 4.74 Å². The molecule has 2 amide bonds. The van der Waals surface area contributed by atoms with Gasteiger partial charge in [-0.1, -0.05) is 30.3 Å². The van der Waals surface area contributed by atoms with Gasteiger partial charge < -0.3 is 15.4 Å². The Labute approximate surface area is 115 Å². The fourth-order valence-electron chi connectivity index (χ4n) is 1.75. The standard InChI is InChI=1S/C14H14N2O4/c1-9-7-11(17)12(13(18)15-9)16-14(19)20-8-10-5-3-2-4-6-10/h2-7,12H,8H2,1H3,(H,15,18)(H,16,19). The molecule has 2 rings (SSSR count). The molecule has 0 spiro atoms. The number of rotatable bonds is 3. The van der Waals surface area contributed by atoms with Gasteiger partial charge in [0.15, 0.2) is 11.8 Å². The maximum absolute atomic E-state index is 11.6. The van der Waals surface area contributed by atoms with Crippen molar-refractivity contribution < 1.29 is 19.1 Å². The first kappa shape index (κ1) is 13.8. The van der Waals surface area contributed by atoms with Gasteiger partial charge in [0.05, 0.1) is 0 Å². The first-order valence-corrected chi connectivity index (χ1v) is 6.06. The number of ketones is 1. The molecule has 1 aliphatic rings. The van der Waals surface area contributed by atoms with E-state index in [9.17, 15) is 14.4 Å². The zero-order valence-electron chi connectivity index (χ0n) is 10.9. The van der Waals surface area contributed by atoms with E-state index in [1.807, 2.05) is 18.2 Å². The fraction of sp³-hybridized carbons (Fsp3) is 0.214. The highest BCUT2D eigenvalue weighted by molar-refractivity contribution is 6.14. The molecule has 6 nitrogen and oxygen atoms in total. The number of carbonyl (C=O) groups excluding carboxylic acids is 3. The zero-order valence-corrected chi connectivity index (χ0v) is 10.9. The predicted molar refractivity (Wildman–Crippen MR) is 70.5 cm³/mol. The van der Waals surface area contributed by atoms with Gasteiger partial charge in [0.25, 0.3) is 5.91 Å². The van der Waals surface area contributed by atoms with Crippen molar-refractivity contribution in [2.45, 2.75) is 19.6 Å². The van der Waals surface area contributed by atoms with Crippen LogP contribution in [0.4, 0.5) is 4.79 Å². The number of carbonyl (C=O) groups is 3. The molecule has 1 heterocycles. The maximum atomic E-state index is 11.6. The van der Waals surface area contributed by atoms with E-state index < -0.39 is 23.8 Å². The van der Waals surface area contributed by atoms with Gasteiger partial charge in [-0.05, 0) is 12.5 Å². The van der Waals surface area contributed by atoms with Crippen molar-refractivity contribution >= 4 is 17.8 Å². The normalized spacial score (nSPS) is 18.1. The molecule has 1 aliphatic heterocycles. The second kappa shape index (κ2) is 6.01. The molecule has 0 fully saturated rings. The van der Waals surface area contributed by atoms with E-state index in [0.717, 1.165) is 5.56 Å². The Morgan fingerprint density at radius 1 is 1.30 bits per heavy atom. The Balaban J connectivity index is 1.89. The van der Waals surface area contributed by atoms with E-state index in [-0.39, 0.29) is 6.61 Å². The van der Waals surface area contributed by atoms with Crippen LogP contribution in [0, 0.1) is 0 Å². The van der Waals surface area contributed by atoms with Crippen LogP contribution >= 0.6 is 0 Å². The van der Waals surface area contributed by atoms with Crippen LogP contribution in [-0.2, 0) is 20.9 Å². The lowest BCUT2D eigenvalue weighted by molar-refractivity contribution is -0.129. The summed E-state index contributed by atoms with van der Waals surface area (Å²) in [4.78, 5) is 34.8. The number of hydrogen-bond acceptors (Lipinski definition) is 4. The molecule has 0 saturated carbocycles. The predicted octanol–water partition coefficient (Wildman–Crippen LogP) is 0.884. The average molecular weight is 274 g/mol. The highest BCUT2D eigenvalue weighted by Crippen LogP contribution is 2.04.